The Balaban J connectivity index is 0.00000112. The van der Waals surface area contributed by atoms with Gasteiger partial charge in [0, 0.05) is 18.6 Å². The van der Waals surface area contributed by atoms with Crippen molar-refractivity contribution in [3.8, 4) is 0 Å². The first kappa shape index (κ1) is 13.1. The lowest BCUT2D eigenvalue weighted by atomic mass is 10.2. The predicted octanol–water partition coefficient (Wildman–Crippen LogP) is 1.12. The van der Waals surface area contributed by atoms with Crippen LogP contribution in [0.3, 0.4) is 0 Å². The van der Waals surface area contributed by atoms with Crippen LogP contribution in [0.5, 0.6) is 0 Å². The third-order valence-electron chi connectivity index (χ3n) is 2.92. The fourth-order valence-corrected chi connectivity index (χ4v) is 2.53. The zero-order chi connectivity index (χ0) is 9.97. The minimum atomic E-state index is 0. The van der Waals surface area contributed by atoms with E-state index in [1.54, 1.807) is 11.8 Å². The van der Waals surface area contributed by atoms with Crippen molar-refractivity contribution in [2.45, 2.75) is 31.3 Å². The largest absolute Gasteiger partial charge is 0.335 e. The lowest BCUT2D eigenvalue weighted by Crippen LogP contribution is -2.44. The predicted molar refractivity (Wildman–Crippen MR) is 66.8 cm³/mol. The number of thioether (sulfide) groups is 1. The summed E-state index contributed by atoms with van der Waals surface area (Å²) in [6.45, 7) is 2.07. The average Bonchev–Trinajstić information content (AvgIpc) is 2.82. The van der Waals surface area contributed by atoms with Gasteiger partial charge in [0.25, 0.3) is 0 Å². The highest BCUT2D eigenvalue weighted by atomic mass is 35.5. The number of carbonyl (C=O) groups is 1. The Morgan fingerprint density at radius 2 is 2.13 bits per heavy atom. The summed E-state index contributed by atoms with van der Waals surface area (Å²) in [7, 11) is 0. The smallest absolute Gasteiger partial charge is 0.233 e. The van der Waals surface area contributed by atoms with E-state index < -0.39 is 0 Å². The van der Waals surface area contributed by atoms with Crippen molar-refractivity contribution in [3.05, 3.63) is 0 Å². The molecule has 2 aliphatic rings. The summed E-state index contributed by atoms with van der Waals surface area (Å²) >= 11 is 1.63. The Morgan fingerprint density at radius 1 is 1.40 bits per heavy atom. The second-order valence-electron chi connectivity index (χ2n) is 4.11. The SMILES string of the molecule is CSCC(=O)N(C1CC1)C1CCNC1.Cl. The third kappa shape index (κ3) is 3.26. The lowest BCUT2D eigenvalue weighted by molar-refractivity contribution is -0.130. The highest BCUT2D eigenvalue weighted by molar-refractivity contribution is 7.99. The highest BCUT2D eigenvalue weighted by Gasteiger charge is 2.37. The number of rotatable bonds is 4. The van der Waals surface area contributed by atoms with Gasteiger partial charge in [-0.3, -0.25) is 4.79 Å². The number of nitrogens with zero attached hydrogens (tertiary/aromatic N) is 1. The molecule has 1 saturated heterocycles. The number of halogens is 1. The van der Waals surface area contributed by atoms with Gasteiger partial charge in [-0.2, -0.15) is 11.8 Å². The molecule has 1 unspecified atom stereocenters. The van der Waals surface area contributed by atoms with Gasteiger partial charge in [-0.15, -0.1) is 12.4 Å². The molecule has 1 N–H and O–H groups in total. The fraction of sp³-hybridized carbons (Fsp3) is 0.900. The van der Waals surface area contributed by atoms with E-state index in [4.69, 9.17) is 0 Å². The summed E-state index contributed by atoms with van der Waals surface area (Å²) in [5.74, 6) is 0.987. The first-order chi connectivity index (χ1) is 6.83. The van der Waals surface area contributed by atoms with E-state index in [9.17, 15) is 4.79 Å². The zero-order valence-corrected chi connectivity index (χ0v) is 10.7. The molecular formula is C10H19ClN2OS. The van der Waals surface area contributed by atoms with Gasteiger partial charge in [0.15, 0.2) is 0 Å². The third-order valence-corrected chi connectivity index (χ3v) is 3.46. The Labute approximate surface area is 102 Å². The Kier molecular flexibility index (Phi) is 5.23. The molecular weight excluding hydrogens is 232 g/mol. The van der Waals surface area contributed by atoms with Crippen molar-refractivity contribution in [2.75, 3.05) is 25.1 Å². The van der Waals surface area contributed by atoms with Crippen molar-refractivity contribution in [2.24, 2.45) is 0 Å². The number of hydrogen-bond acceptors (Lipinski definition) is 3. The summed E-state index contributed by atoms with van der Waals surface area (Å²) in [6.07, 6.45) is 5.57. The maximum atomic E-state index is 11.9. The van der Waals surface area contributed by atoms with Crippen LogP contribution in [-0.4, -0.2) is 48.0 Å². The van der Waals surface area contributed by atoms with E-state index in [1.807, 2.05) is 6.26 Å². The van der Waals surface area contributed by atoms with E-state index in [0.717, 1.165) is 19.5 Å². The summed E-state index contributed by atoms with van der Waals surface area (Å²) in [4.78, 5) is 14.0. The van der Waals surface area contributed by atoms with Crippen LogP contribution < -0.4 is 5.32 Å². The number of nitrogens with one attached hydrogen (secondary N) is 1. The molecule has 0 radical (unpaired) electrons. The van der Waals surface area contributed by atoms with E-state index in [0.29, 0.717) is 23.7 Å². The molecule has 15 heavy (non-hydrogen) atoms. The molecule has 88 valence electrons. The molecule has 0 aromatic carbocycles. The number of amides is 1. The van der Waals surface area contributed by atoms with E-state index in [-0.39, 0.29) is 12.4 Å². The van der Waals surface area contributed by atoms with Gasteiger partial charge in [0.1, 0.15) is 0 Å². The molecule has 2 rings (SSSR count). The Hall–Kier alpha value is 0.0700. The lowest BCUT2D eigenvalue weighted by Gasteiger charge is -2.28. The number of hydrogen-bond donors (Lipinski definition) is 1. The van der Waals surface area contributed by atoms with E-state index in [2.05, 4.69) is 10.2 Å². The van der Waals surface area contributed by atoms with Crippen LogP contribution in [0.15, 0.2) is 0 Å². The van der Waals surface area contributed by atoms with Gasteiger partial charge >= 0.3 is 0 Å². The zero-order valence-electron chi connectivity index (χ0n) is 9.07. The minimum absolute atomic E-state index is 0. The molecule has 1 saturated carbocycles. The average molecular weight is 251 g/mol. The quantitative estimate of drug-likeness (QED) is 0.812. The minimum Gasteiger partial charge on any atom is -0.335 e. The molecule has 1 aliphatic heterocycles. The summed E-state index contributed by atoms with van der Waals surface area (Å²) in [6, 6.07) is 1.04. The molecule has 5 heteroatoms. The van der Waals surface area contributed by atoms with Crippen molar-refractivity contribution >= 4 is 30.1 Å². The maximum Gasteiger partial charge on any atom is 0.233 e. The molecule has 2 fully saturated rings. The molecule has 3 nitrogen and oxygen atoms in total. The fourth-order valence-electron chi connectivity index (χ4n) is 2.13. The van der Waals surface area contributed by atoms with Crippen molar-refractivity contribution in [3.63, 3.8) is 0 Å². The van der Waals surface area contributed by atoms with Crippen LogP contribution in [-0.2, 0) is 4.79 Å². The van der Waals surface area contributed by atoms with Gasteiger partial charge in [0.05, 0.1) is 5.75 Å². The van der Waals surface area contributed by atoms with Crippen LogP contribution in [0.4, 0.5) is 0 Å². The summed E-state index contributed by atoms with van der Waals surface area (Å²) < 4.78 is 0. The molecule has 1 amide bonds. The van der Waals surface area contributed by atoms with Crippen LogP contribution in [0.2, 0.25) is 0 Å². The van der Waals surface area contributed by atoms with Crippen LogP contribution in [0, 0.1) is 0 Å². The molecule has 1 atom stereocenters. The Morgan fingerprint density at radius 3 is 2.60 bits per heavy atom. The van der Waals surface area contributed by atoms with Crippen molar-refractivity contribution < 1.29 is 4.79 Å². The molecule has 1 aliphatic carbocycles. The van der Waals surface area contributed by atoms with Gasteiger partial charge in [0.2, 0.25) is 5.91 Å². The normalized spacial score (nSPS) is 24.7. The first-order valence-corrected chi connectivity index (χ1v) is 6.73. The van der Waals surface area contributed by atoms with Crippen LogP contribution >= 0.6 is 24.2 Å². The van der Waals surface area contributed by atoms with Gasteiger partial charge in [-0.25, -0.2) is 0 Å². The standard InChI is InChI=1S/C10H18N2OS.ClH/c1-14-7-10(13)12(8-2-3-8)9-4-5-11-6-9;/h8-9,11H,2-7H2,1H3;1H. The van der Waals surface area contributed by atoms with Crippen molar-refractivity contribution in [1.29, 1.82) is 0 Å². The summed E-state index contributed by atoms with van der Waals surface area (Å²) in [5.41, 5.74) is 0. The maximum absolute atomic E-state index is 11.9. The van der Waals surface area contributed by atoms with Crippen LogP contribution in [0.25, 0.3) is 0 Å². The molecule has 0 bridgehead atoms. The van der Waals surface area contributed by atoms with Gasteiger partial charge in [-0.05, 0) is 32.1 Å². The number of carbonyl (C=O) groups excluding carboxylic acids is 1. The molecule has 0 aromatic rings. The van der Waals surface area contributed by atoms with Crippen molar-refractivity contribution in [1.82, 2.24) is 10.2 Å². The second kappa shape index (κ2) is 5.97. The van der Waals surface area contributed by atoms with E-state index >= 15 is 0 Å². The second-order valence-corrected chi connectivity index (χ2v) is 4.98. The van der Waals surface area contributed by atoms with Gasteiger partial charge < -0.3 is 10.2 Å². The topological polar surface area (TPSA) is 32.3 Å². The highest BCUT2D eigenvalue weighted by Crippen LogP contribution is 2.30. The molecule has 1 heterocycles. The molecule has 0 spiro atoms. The van der Waals surface area contributed by atoms with E-state index in [1.165, 1.54) is 12.8 Å². The monoisotopic (exact) mass is 250 g/mol. The Bertz CT molecular complexity index is 217. The van der Waals surface area contributed by atoms with Gasteiger partial charge in [-0.1, -0.05) is 0 Å². The molecule has 0 aromatic heterocycles. The van der Waals surface area contributed by atoms with Crippen LogP contribution in [0.1, 0.15) is 19.3 Å². The first-order valence-electron chi connectivity index (χ1n) is 5.33. The summed E-state index contributed by atoms with van der Waals surface area (Å²) in [5, 5.41) is 3.33.